The molecule has 180 valence electrons. The minimum Gasteiger partial charge on any atom is -0.502 e. The van der Waals surface area contributed by atoms with E-state index in [-0.39, 0.29) is 39.3 Å². The van der Waals surface area contributed by atoms with Crippen molar-refractivity contribution in [3.05, 3.63) is 61.8 Å². The van der Waals surface area contributed by atoms with E-state index in [9.17, 15) is 23.9 Å². The van der Waals surface area contributed by atoms with Gasteiger partial charge in [0.25, 0.3) is 11.5 Å². The summed E-state index contributed by atoms with van der Waals surface area (Å²) in [5.41, 5.74) is 0.423. The van der Waals surface area contributed by atoms with Gasteiger partial charge in [-0.3, -0.25) is 14.1 Å². The lowest BCUT2D eigenvalue weighted by atomic mass is 9.94. The molecule has 2 aliphatic heterocycles. The number of aromatic hydroxyl groups is 1. The monoisotopic (exact) mass is 489 g/mol. The molecule has 2 fully saturated rings. The number of carbonyl (C=O) groups excluding carboxylic acids is 2. The number of nitrogens with zero attached hydrogens (tertiary/aromatic N) is 3. The van der Waals surface area contributed by atoms with E-state index in [2.05, 4.69) is 5.32 Å². The lowest BCUT2D eigenvalue weighted by Crippen LogP contribution is -2.64. The van der Waals surface area contributed by atoms with Crippen molar-refractivity contribution in [3.8, 4) is 5.75 Å². The lowest BCUT2D eigenvalue weighted by Gasteiger charge is -2.40. The summed E-state index contributed by atoms with van der Waals surface area (Å²) in [6.45, 7) is 3.14. The third kappa shape index (κ3) is 3.62. The Morgan fingerprint density at radius 3 is 2.62 bits per heavy atom. The summed E-state index contributed by atoms with van der Waals surface area (Å²) in [7, 11) is 1.48. The van der Waals surface area contributed by atoms with Crippen LogP contribution in [0.2, 0.25) is 5.02 Å². The smallest absolute Gasteiger partial charge is 0.363 e. The van der Waals surface area contributed by atoms with Gasteiger partial charge in [-0.25, -0.2) is 9.18 Å². The van der Waals surface area contributed by atoms with Crippen LogP contribution in [0.25, 0.3) is 0 Å². The number of benzene rings is 1. The Kier molecular flexibility index (Phi) is 5.74. The molecule has 10 heteroatoms. The number of piperazine rings is 1. The van der Waals surface area contributed by atoms with Crippen LogP contribution in [0, 0.1) is 5.82 Å². The summed E-state index contributed by atoms with van der Waals surface area (Å²) in [5.74, 6) is -1.86. The average molecular weight is 490 g/mol. The molecule has 1 saturated heterocycles. The highest BCUT2D eigenvalue weighted by atomic mass is 35.5. The number of fused-ring (bicyclic) bond motifs is 1. The van der Waals surface area contributed by atoms with Gasteiger partial charge in [-0.15, -0.1) is 0 Å². The lowest BCUT2D eigenvalue weighted by molar-refractivity contribution is -0.862. The van der Waals surface area contributed by atoms with E-state index in [1.165, 1.54) is 34.7 Å². The Morgan fingerprint density at radius 1 is 1.26 bits per heavy atom. The van der Waals surface area contributed by atoms with E-state index in [1.54, 1.807) is 0 Å². The van der Waals surface area contributed by atoms with Crippen molar-refractivity contribution in [1.82, 2.24) is 14.8 Å². The van der Waals surface area contributed by atoms with Crippen LogP contribution in [0.1, 0.15) is 44.8 Å². The number of halogens is 2. The van der Waals surface area contributed by atoms with Gasteiger partial charge >= 0.3 is 5.91 Å². The van der Waals surface area contributed by atoms with Gasteiger partial charge in [-0.2, -0.15) is 0 Å². The van der Waals surface area contributed by atoms with E-state index in [4.69, 9.17) is 11.6 Å². The van der Waals surface area contributed by atoms with E-state index in [0.29, 0.717) is 50.3 Å². The second-order valence-electron chi connectivity index (χ2n) is 9.41. The Balaban J connectivity index is 1.55. The van der Waals surface area contributed by atoms with Crippen LogP contribution < -0.4 is 10.9 Å². The molecule has 1 aromatic carbocycles. The highest BCUT2D eigenvalue weighted by Gasteiger charge is 2.53. The Labute approximate surface area is 201 Å². The first-order valence-electron chi connectivity index (χ1n) is 11.5. The third-order valence-corrected chi connectivity index (χ3v) is 7.68. The molecule has 8 nitrogen and oxygen atoms in total. The number of rotatable bonds is 4. The Morgan fingerprint density at radius 2 is 1.97 bits per heavy atom. The fourth-order valence-corrected chi connectivity index (χ4v) is 5.60. The molecule has 1 aromatic heterocycles. The molecule has 0 atom stereocenters. The summed E-state index contributed by atoms with van der Waals surface area (Å²) >= 11 is 5.88. The van der Waals surface area contributed by atoms with E-state index in [0.717, 1.165) is 12.8 Å². The number of quaternary nitrogens is 1. The first kappa shape index (κ1) is 23.0. The maximum Gasteiger partial charge on any atom is 0.363 e. The average Bonchev–Trinajstić information content (AvgIpc) is 3.68. The first-order valence-corrected chi connectivity index (χ1v) is 11.9. The van der Waals surface area contributed by atoms with Gasteiger partial charge in [0.15, 0.2) is 11.4 Å². The maximum atomic E-state index is 14.0. The van der Waals surface area contributed by atoms with Crippen molar-refractivity contribution in [3.63, 3.8) is 0 Å². The largest absolute Gasteiger partial charge is 0.502 e. The minimum absolute atomic E-state index is 0.0444. The van der Waals surface area contributed by atoms with Gasteiger partial charge in [0, 0.05) is 51.6 Å². The van der Waals surface area contributed by atoms with Crippen LogP contribution >= 0.6 is 11.6 Å². The maximum absolute atomic E-state index is 14.0. The van der Waals surface area contributed by atoms with Gasteiger partial charge in [0.2, 0.25) is 0 Å². The van der Waals surface area contributed by atoms with Crippen molar-refractivity contribution >= 4 is 23.4 Å². The quantitative estimate of drug-likeness (QED) is 0.639. The SMILES string of the molecule is Cn1c(C(=O)[N+]2(C3CC3)CCNCC2)c2c(c(O)c1=O)C(=O)N(Cc1ccc(F)c(Cl)c1)CC2. The molecule has 3 heterocycles. The molecule has 2 N–H and O–H groups in total. The number of pyridine rings is 1. The zero-order valence-corrected chi connectivity index (χ0v) is 19.7. The second-order valence-corrected chi connectivity index (χ2v) is 9.81. The van der Waals surface area contributed by atoms with Crippen LogP contribution in [0.5, 0.6) is 5.75 Å². The summed E-state index contributed by atoms with van der Waals surface area (Å²) < 4.78 is 15.0. The summed E-state index contributed by atoms with van der Waals surface area (Å²) in [6, 6.07) is 4.45. The first-order chi connectivity index (χ1) is 16.2. The Bertz CT molecular complexity index is 1250. The predicted molar refractivity (Wildman–Crippen MR) is 123 cm³/mol. The molecule has 3 aliphatic rings. The Hall–Kier alpha value is -2.75. The molecular weight excluding hydrogens is 463 g/mol. The number of carbonyl (C=O) groups is 2. The van der Waals surface area contributed by atoms with Gasteiger partial charge in [0.1, 0.15) is 5.82 Å². The van der Waals surface area contributed by atoms with Crippen molar-refractivity contribution in [2.75, 3.05) is 32.7 Å². The molecular formula is C24H27ClFN4O4+. The normalized spacial score (nSPS) is 19.7. The second kappa shape index (κ2) is 8.48. The molecule has 0 spiro atoms. The van der Waals surface area contributed by atoms with Crippen molar-refractivity contribution in [2.45, 2.75) is 31.8 Å². The fraction of sp³-hybridized carbons (Fsp3) is 0.458. The van der Waals surface area contributed by atoms with E-state index < -0.39 is 23.0 Å². The zero-order valence-electron chi connectivity index (χ0n) is 18.9. The highest BCUT2D eigenvalue weighted by molar-refractivity contribution is 6.30. The molecule has 5 rings (SSSR count). The minimum atomic E-state index is -0.758. The summed E-state index contributed by atoms with van der Waals surface area (Å²) in [6.07, 6.45) is 2.25. The molecule has 0 radical (unpaired) electrons. The molecule has 34 heavy (non-hydrogen) atoms. The highest BCUT2D eigenvalue weighted by Crippen LogP contribution is 2.38. The topological polar surface area (TPSA) is 91.6 Å². The molecule has 0 bridgehead atoms. The van der Waals surface area contributed by atoms with Crippen molar-refractivity contribution < 1.29 is 23.6 Å². The number of amides is 2. The van der Waals surface area contributed by atoms with Gasteiger partial charge in [-0.05, 0) is 24.1 Å². The van der Waals surface area contributed by atoms with Crippen molar-refractivity contribution in [2.24, 2.45) is 7.05 Å². The summed E-state index contributed by atoms with van der Waals surface area (Å²) in [5, 5.41) is 13.9. The van der Waals surface area contributed by atoms with Crippen LogP contribution in [-0.2, 0) is 20.0 Å². The van der Waals surface area contributed by atoms with Crippen LogP contribution in [-0.4, -0.2) is 69.6 Å². The fourth-order valence-electron chi connectivity index (χ4n) is 5.40. The molecule has 1 aliphatic carbocycles. The van der Waals surface area contributed by atoms with Crippen LogP contribution in [0.3, 0.4) is 0 Å². The molecule has 2 amide bonds. The van der Waals surface area contributed by atoms with Gasteiger partial charge in [-0.1, -0.05) is 17.7 Å². The molecule has 1 saturated carbocycles. The van der Waals surface area contributed by atoms with Gasteiger partial charge in [0.05, 0.1) is 29.7 Å². The summed E-state index contributed by atoms with van der Waals surface area (Å²) in [4.78, 5) is 41.9. The third-order valence-electron chi connectivity index (χ3n) is 7.39. The van der Waals surface area contributed by atoms with Crippen LogP contribution in [0.4, 0.5) is 4.39 Å². The predicted octanol–water partition coefficient (Wildman–Crippen LogP) is 1.80. The number of hydrogen-bond acceptors (Lipinski definition) is 5. The standard InChI is InChI=1S/C24H26ClFN4O4/c1-28-20(24(34)30(15-3-4-15)10-7-27-8-11-30)16-6-9-29(22(32)19(16)21(31)23(28)33)13-14-2-5-18(26)17(25)12-14/h2,5,12,15,27H,3-4,6-11,13H2,1H3/p+1. The van der Waals surface area contributed by atoms with E-state index in [1.807, 2.05) is 0 Å². The van der Waals surface area contributed by atoms with Crippen molar-refractivity contribution in [1.29, 1.82) is 0 Å². The zero-order chi connectivity index (χ0) is 24.2. The molecule has 0 unspecified atom stereocenters. The number of hydrogen-bond donors (Lipinski definition) is 2. The molecule has 2 aromatic rings. The van der Waals surface area contributed by atoms with Crippen LogP contribution in [0.15, 0.2) is 23.0 Å². The van der Waals surface area contributed by atoms with Gasteiger partial charge < -0.3 is 19.9 Å². The number of aromatic nitrogens is 1. The number of nitrogens with one attached hydrogen (secondary N) is 1. The van der Waals surface area contributed by atoms with E-state index >= 15 is 0 Å².